The molecular formula is C22H31NO4. The first kappa shape index (κ1) is 21.2. The first-order valence-electron chi connectivity index (χ1n) is 9.58. The number of hydroxylamine groups is 2. The van der Waals surface area contributed by atoms with Crippen molar-refractivity contribution in [3.8, 4) is 0 Å². The van der Waals surface area contributed by atoms with E-state index in [0.717, 1.165) is 29.5 Å². The largest absolute Gasteiger partial charge is 0.459 e. The van der Waals surface area contributed by atoms with Crippen LogP contribution in [0.2, 0.25) is 0 Å². The van der Waals surface area contributed by atoms with Crippen LogP contribution >= 0.6 is 0 Å². The maximum absolute atomic E-state index is 12.8. The Bertz CT molecular complexity index is 711. The minimum absolute atomic E-state index is 0.0549. The summed E-state index contributed by atoms with van der Waals surface area (Å²) in [5.41, 5.74) is 3.65. The van der Waals surface area contributed by atoms with E-state index in [1.807, 2.05) is 32.9 Å². The van der Waals surface area contributed by atoms with Crippen molar-refractivity contribution in [1.82, 2.24) is 5.06 Å². The summed E-state index contributed by atoms with van der Waals surface area (Å²) < 4.78 is 5.66. The minimum atomic E-state index is -0.275. The number of ether oxygens (including phenoxy) is 1. The predicted octanol–water partition coefficient (Wildman–Crippen LogP) is 4.16. The van der Waals surface area contributed by atoms with E-state index in [1.54, 1.807) is 7.05 Å². The standard InChI is InChI=1S/C22H31NO4/c1-15-11-16(2)21-19(12-15)13-18(14-20(24)23(4)26-5)10-8-6-7-9-17(3)27-22(21)25/h6-7,11-12,17-18H,8-10,13-14H2,1-5H3/b7-6+/t17-,18?/m1/s1. The van der Waals surface area contributed by atoms with Crippen LogP contribution in [-0.4, -0.2) is 37.2 Å². The number of allylic oxidation sites excluding steroid dienone is 1. The number of benzene rings is 1. The van der Waals surface area contributed by atoms with Crippen molar-refractivity contribution < 1.29 is 19.2 Å². The van der Waals surface area contributed by atoms with Crippen molar-refractivity contribution in [3.05, 3.63) is 46.5 Å². The number of aryl methyl sites for hydroxylation is 2. The number of hydrogen-bond donors (Lipinski definition) is 0. The van der Waals surface area contributed by atoms with Gasteiger partial charge in [-0.1, -0.05) is 29.8 Å². The number of esters is 1. The topological polar surface area (TPSA) is 55.8 Å². The van der Waals surface area contributed by atoms with Crippen LogP contribution < -0.4 is 0 Å². The van der Waals surface area contributed by atoms with Crippen LogP contribution in [0.25, 0.3) is 0 Å². The summed E-state index contributed by atoms with van der Waals surface area (Å²) in [4.78, 5) is 30.2. The molecule has 0 bridgehead atoms. The van der Waals surface area contributed by atoms with Gasteiger partial charge in [0.2, 0.25) is 5.91 Å². The van der Waals surface area contributed by atoms with Crippen LogP contribution in [0.1, 0.15) is 59.7 Å². The number of carbonyl (C=O) groups is 2. The first-order chi connectivity index (χ1) is 12.8. The summed E-state index contributed by atoms with van der Waals surface area (Å²) in [6, 6.07) is 4.06. The Morgan fingerprint density at radius 1 is 1.30 bits per heavy atom. The molecule has 1 unspecified atom stereocenters. The fourth-order valence-corrected chi connectivity index (χ4v) is 3.60. The second-order valence-corrected chi connectivity index (χ2v) is 7.46. The number of amides is 1. The van der Waals surface area contributed by atoms with Crippen molar-refractivity contribution in [1.29, 1.82) is 0 Å². The lowest BCUT2D eigenvalue weighted by atomic mass is 9.87. The van der Waals surface area contributed by atoms with E-state index < -0.39 is 0 Å². The monoisotopic (exact) mass is 373 g/mol. The fraction of sp³-hybridized carbons (Fsp3) is 0.545. The average Bonchev–Trinajstić information content (AvgIpc) is 2.58. The maximum atomic E-state index is 12.8. The van der Waals surface area contributed by atoms with E-state index in [2.05, 4.69) is 12.2 Å². The second kappa shape index (κ2) is 9.70. The van der Waals surface area contributed by atoms with Gasteiger partial charge in [-0.05, 0) is 57.1 Å². The van der Waals surface area contributed by atoms with E-state index in [-0.39, 0.29) is 23.9 Å². The molecule has 1 heterocycles. The SMILES string of the molecule is CON(C)C(=O)CC1CC/C=C/C[C@@H](C)OC(=O)c2c(C)cc(C)cc2C1. The predicted molar refractivity (Wildman–Crippen MR) is 105 cm³/mol. The van der Waals surface area contributed by atoms with Gasteiger partial charge >= 0.3 is 5.97 Å². The molecule has 5 heteroatoms. The molecule has 0 radical (unpaired) electrons. The molecule has 1 aliphatic heterocycles. The van der Waals surface area contributed by atoms with Crippen molar-refractivity contribution in [2.24, 2.45) is 5.92 Å². The van der Waals surface area contributed by atoms with E-state index in [9.17, 15) is 9.59 Å². The number of nitrogens with zero attached hydrogens (tertiary/aromatic N) is 1. The van der Waals surface area contributed by atoms with Gasteiger partial charge in [-0.15, -0.1) is 0 Å². The smallest absolute Gasteiger partial charge is 0.338 e. The Balaban J connectivity index is 2.37. The summed E-state index contributed by atoms with van der Waals surface area (Å²) >= 11 is 0. The molecule has 1 aromatic rings. The van der Waals surface area contributed by atoms with Gasteiger partial charge in [-0.2, -0.15) is 0 Å². The zero-order valence-corrected chi connectivity index (χ0v) is 17.1. The molecule has 1 aromatic carbocycles. The van der Waals surface area contributed by atoms with Gasteiger partial charge in [-0.25, -0.2) is 9.86 Å². The van der Waals surface area contributed by atoms with Crippen LogP contribution in [0, 0.1) is 19.8 Å². The maximum Gasteiger partial charge on any atom is 0.338 e. The third-order valence-corrected chi connectivity index (χ3v) is 5.05. The highest BCUT2D eigenvalue weighted by molar-refractivity contribution is 5.93. The fourth-order valence-electron chi connectivity index (χ4n) is 3.60. The first-order valence-corrected chi connectivity index (χ1v) is 9.58. The second-order valence-electron chi connectivity index (χ2n) is 7.46. The van der Waals surface area contributed by atoms with Gasteiger partial charge in [0.25, 0.3) is 0 Å². The Kier molecular flexibility index (Phi) is 7.60. The number of hydrogen-bond acceptors (Lipinski definition) is 4. The molecule has 0 N–H and O–H groups in total. The Morgan fingerprint density at radius 3 is 2.74 bits per heavy atom. The lowest BCUT2D eigenvalue weighted by molar-refractivity contribution is -0.169. The molecule has 2 rings (SSSR count). The Labute approximate surface area is 162 Å². The van der Waals surface area contributed by atoms with Crippen LogP contribution in [0.3, 0.4) is 0 Å². The lowest BCUT2D eigenvalue weighted by Gasteiger charge is -2.23. The molecule has 1 amide bonds. The number of cyclic esters (lactones) is 1. The molecule has 148 valence electrons. The number of fused-ring (bicyclic) bond motifs is 1. The van der Waals surface area contributed by atoms with Gasteiger partial charge in [0.1, 0.15) is 6.10 Å². The zero-order valence-electron chi connectivity index (χ0n) is 17.1. The lowest BCUT2D eigenvalue weighted by Crippen LogP contribution is -2.28. The third-order valence-electron chi connectivity index (χ3n) is 5.05. The van der Waals surface area contributed by atoms with E-state index in [0.29, 0.717) is 24.8 Å². The Hall–Kier alpha value is -2.14. The molecule has 0 fully saturated rings. The number of carbonyl (C=O) groups excluding carboxylic acids is 2. The highest BCUT2D eigenvalue weighted by Gasteiger charge is 2.23. The highest BCUT2D eigenvalue weighted by Crippen LogP contribution is 2.26. The third kappa shape index (κ3) is 5.93. The van der Waals surface area contributed by atoms with Gasteiger partial charge < -0.3 is 4.74 Å². The molecule has 2 atom stereocenters. The van der Waals surface area contributed by atoms with E-state index in [1.165, 1.54) is 12.2 Å². The number of rotatable bonds is 3. The summed E-state index contributed by atoms with van der Waals surface area (Å²) in [6.45, 7) is 5.89. The molecule has 0 saturated heterocycles. The molecule has 0 aromatic heterocycles. The van der Waals surface area contributed by atoms with Crippen LogP contribution in [0.4, 0.5) is 0 Å². The molecule has 1 aliphatic rings. The molecule has 27 heavy (non-hydrogen) atoms. The van der Waals surface area contributed by atoms with Crippen LogP contribution in [0.5, 0.6) is 0 Å². The quantitative estimate of drug-likeness (QED) is 0.454. The van der Waals surface area contributed by atoms with Crippen molar-refractivity contribution in [3.63, 3.8) is 0 Å². The van der Waals surface area contributed by atoms with Crippen molar-refractivity contribution >= 4 is 11.9 Å². The van der Waals surface area contributed by atoms with Crippen molar-refractivity contribution in [2.45, 2.75) is 59.0 Å². The van der Waals surface area contributed by atoms with Gasteiger partial charge in [0.05, 0.1) is 12.7 Å². The minimum Gasteiger partial charge on any atom is -0.459 e. The normalized spacial score (nSPS) is 22.0. The average molecular weight is 373 g/mol. The zero-order chi connectivity index (χ0) is 20.0. The van der Waals surface area contributed by atoms with Gasteiger partial charge in [-0.3, -0.25) is 9.63 Å². The van der Waals surface area contributed by atoms with Gasteiger partial charge in [0, 0.05) is 19.9 Å². The van der Waals surface area contributed by atoms with E-state index in [4.69, 9.17) is 9.57 Å². The summed E-state index contributed by atoms with van der Waals surface area (Å²) in [5.74, 6) is -0.201. The summed E-state index contributed by atoms with van der Waals surface area (Å²) in [7, 11) is 3.11. The van der Waals surface area contributed by atoms with Gasteiger partial charge in [0.15, 0.2) is 0 Å². The van der Waals surface area contributed by atoms with Crippen LogP contribution in [-0.2, 0) is 20.8 Å². The molecule has 0 saturated carbocycles. The van der Waals surface area contributed by atoms with Crippen molar-refractivity contribution in [2.75, 3.05) is 14.2 Å². The van der Waals surface area contributed by atoms with E-state index >= 15 is 0 Å². The molecule has 0 spiro atoms. The molecular weight excluding hydrogens is 342 g/mol. The highest BCUT2D eigenvalue weighted by atomic mass is 16.7. The molecule has 5 nitrogen and oxygen atoms in total. The van der Waals surface area contributed by atoms with Crippen LogP contribution in [0.15, 0.2) is 24.3 Å². The summed E-state index contributed by atoms with van der Waals surface area (Å²) in [6.07, 6.45) is 7.55. The molecule has 0 aliphatic carbocycles. The Morgan fingerprint density at radius 2 is 2.04 bits per heavy atom. The summed E-state index contributed by atoms with van der Waals surface area (Å²) in [5, 5.41) is 1.27.